The number of amides is 1. The first-order valence-corrected chi connectivity index (χ1v) is 8.17. The van der Waals surface area contributed by atoms with Crippen molar-refractivity contribution in [3.8, 4) is 0 Å². The van der Waals surface area contributed by atoms with Crippen molar-refractivity contribution >= 4 is 5.91 Å². The summed E-state index contributed by atoms with van der Waals surface area (Å²) < 4.78 is 26.3. The van der Waals surface area contributed by atoms with Crippen molar-refractivity contribution in [1.82, 2.24) is 10.2 Å². The third-order valence-corrected chi connectivity index (χ3v) is 4.40. The summed E-state index contributed by atoms with van der Waals surface area (Å²) >= 11 is 0. The molecular formula is C19H20F2N2O. The van der Waals surface area contributed by atoms with Crippen molar-refractivity contribution in [3.63, 3.8) is 0 Å². The number of nitrogens with one attached hydrogen (secondary N) is 1. The highest BCUT2D eigenvalue weighted by molar-refractivity contribution is 5.94. The van der Waals surface area contributed by atoms with Crippen LogP contribution in [0.4, 0.5) is 8.78 Å². The summed E-state index contributed by atoms with van der Waals surface area (Å²) in [6.45, 7) is 2.43. The van der Waals surface area contributed by atoms with E-state index in [4.69, 9.17) is 0 Å². The van der Waals surface area contributed by atoms with E-state index in [0.29, 0.717) is 6.54 Å². The first-order valence-electron chi connectivity index (χ1n) is 8.17. The highest BCUT2D eigenvalue weighted by Gasteiger charge is 2.24. The van der Waals surface area contributed by atoms with Crippen molar-refractivity contribution < 1.29 is 13.6 Å². The van der Waals surface area contributed by atoms with E-state index in [1.54, 1.807) is 0 Å². The van der Waals surface area contributed by atoms with Gasteiger partial charge in [-0.05, 0) is 49.7 Å². The molecule has 5 heteroatoms. The van der Waals surface area contributed by atoms with Gasteiger partial charge in [-0.2, -0.15) is 0 Å². The highest BCUT2D eigenvalue weighted by atomic mass is 19.2. The zero-order valence-corrected chi connectivity index (χ0v) is 13.3. The topological polar surface area (TPSA) is 32.3 Å². The van der Waals surface area contributed by atoms with Gasteiger partial charge >= 0.3 is 0 Å². The van der Waals surface area contributed by atoms with E-state index in [2.05, 4.69) is 10.2 Å². The van der Waals surface area contributed by atoms with Gasteiger partial charge in [0, 0.05) is 12.1 Å². The van der Waals surface area contributed by atoms with Gasteiger partial charge in [0.25, 0.3) is 5.91 Å². The van der Waals surface area contributed by atoms with Crippen LogP contribution in [0.2, 0.25) is 0 Å². The molecule has 1 amide bonds. The van der Waals surface area contributed by atoms with Gasteiger partial charge in [0.1, 0.15) is 0 Å². The van der Waals surface area contributed by atoms with Gasteiger partial charge in [0.15, 0.2) is 11.6 Å². The number of hydrogen-bond donors (Lipinski definition) is 1. The van der Waals surface area contributed by atoms with Crippen LogP contribution in [0.25, 0.3) is 0 Å². The van der Waals surface area contributed by atoms with Crippen LogP contribution in [0.1, 0.15) is 34.8 Å². The van der Waals surface area contributed by atoms with Crippen LogP contribution < -0.4 is 5.32 Å². The SMILES string of the molecule is O=C(NCC(c1ccccc1)N1CCCC1)c1ccc(F)c(F)c1. The number of carbonyl (C=O) groups excluding carboxylic acids is 1. The smallest absolute Gasteiger partial charge is 0.251 e. The average molecular weight is 330 g/mol. The standard InChI is InChI=1S/C19H20F2N2O/c20-16-9-8-15(12-17(16)21)19(24)22-13-18(23-10-4-5-11-23)14-6-2-1-3-7-14/h1-3,6-9,12,18H,4-5,10-11,13H2,(H,22,24). The lowest BCUT2D eigenvalue weighted by molar-refractivity contribution is 0.0937. The van der Waals surface area contributed by atoms with Crippen molar-refractivity contribution in [1.29, 1.82) is 0 Å². The monoisotopic (exact) mass is 330 g/mol. The normalized spacial score (nSPS) is 16.1. The number of carbonyl (C=O) groups is 1. The maximum absolute atomic E-state index is 13.3. The summed E-state index contributed by atoms with van der Waals surface area (Å²) in [7, 11) is 0. The number of nitrogens with zero attached hydrogens (tertiary/aromatic N) is 1. The van der Waals surface area contributed by atoms with Gasteiger partial charge < -0.3 is 5.32 Å². The lowest BCUT2D eigenvalue weighted by atomic mass is 10.1. The molecule has 1 aliphatic heterocycles. The van der Waals surface area contributed by atoms with E-state index in [-0.39, 0.29) is 11.6 Å². The number of hydrogen-bond acceptors (Lipinski definition) is 2. The Kier molecular flexibility index (Phi) is 5.20. The van der Waals surface area contributed by atoms with Crippen LogP contribution in [0.3, 0.4) is 0 Å². The predicted molar refractivity (Wildman–Crippen MR) is 88.7 cm³/mol. The zero-order valence-electron chi connectivity index (χ0n) is 13.3. The Morgan fingerprint density at radius 3 is 2.42 bits per heavy atom. The molecule has 0 spiro atoms. The van der Waals surface area contributed by atoms with Crippen LogP contribution >= 0.6 is 0 Å². The Morgan fingerprint density at radius 1 is 1.04 bits per heavy atom. The number of halogens is 2. The van der Waals surface area contributed by atoms with Gasteiger partial charge in [-0.1, -0.05) is 30.3 Å². The van der Waals surface area contributed by atoms with E-state index in [1.807, 2.05) is 30.3 Å². The molecule has 24 heavy (non-hydrogen) atoms. The molecule has 2 aromatic rings. The maximum atomic E-state index is 13.3. The minimum absolute atomic E-state index is 0.0861. The molecule has 1 heterocycles. The molecule has 1 aliphatic rings. The second-order valence-electron chi connectivity index (χ2n) is 6.01. The van der Waals surface area contributed by atoms with Crippen LogP contribution in [0.15, 0.2) is 48.5 Å². The molecule has 2 aromatic carbocycles. The second kappa shape index (κ2) is 7.53. The number of benzene rings is 2. The van der Waals surface area contributed by atoms with E-state index >= 15 is 0 Å². The quantitative estimate of drug-likeness (QED) is 0.909. The Labute approximate surface area is 140 Å². The Balaban J connectivity index is 1.71. The first kappa shape index (κ1) is 16.6. The van der Waals surface area contributed by atoms with Crippen LogP contribution in [-0.2, 0) is 0 Å². The molecule has 0 aliphatic carbocycles. The summed E-state index contributed by atoms with van der Waals surface area (Å²) in [5.41, 5.74) is 1.27. The summed E-state index contributed by atoms with van der Waals surface area (Å²) in [4.78, 5) is 14.6. The van der Waals surface area contributed by atoms with E-state index < -0.39 is 17.5 Å². The van der Waals surface area contributed by atoms with Crippen LogP contribution in [0, 0.1) is 11.6 Å². The Hall–Kier alpha value is -2.27. The first-order chi connectivity index (χ1) is 11.6. The van der Waals surface area contributed by atoms with Crippen molar-refractivity contribution in [3.05, 3.63) is 71.3 Å². The molecular weight excluding hydrogens is 310 g/mol. The molecule has 0 bridgehead atoms. The Bertz CT molecular complexity index is 700. The lowest BCUT2D eigenvalue weighted by Gasteiger charge is -2.28. The molecule has 126 valence electrons. The molecule has 1 unspecified atom stereocenters. The largest absolute Gasteiger partial charge is 0.350 e. The summed E-state index contributed by atoms with van der Waals surface area (Å²) in [5.74, 6) is -2.36. The zero-order chi connectivity index (χ0) is 16.9. The molecule has 1 fully saturated rings. The van der Waals surface area contributed by atoms with Gasteiger partial charge in [-0.3, -0.25) is 9.69 Å². The van der Waals surface area contributed by atoms with Crippen molar-refractivity contribution in [2.24, 2.45) is 0 Å². The lowest BCUT2D eigenvalue weighted by Crippen LogP contribution is -2.36. The average Bonchev–Trinajstić information content (AvgIpc) is 3.12. The molecule has 0 aromatic heterocycles. The van der Waals surface area contributed by atoms with Gasteiger partial charge in [-0.15, -0.1) is 0 Å². The summed E-state index contributed by atoms with van der Waals surface area (Å²) in [6.07, 6.45) is 2.31. The predicted octanol–water partition coefficient (Wildman–Crippen LogP) is 3.53. The third-order valence-electron chi connectivity index (χ3n) is 4.40. The summed E-state index contributed by atoms with van der Waals surface area (Å²) in [5, 5.41) is 2.85. The molecule has 3 nitrogen and oxygen atoms in total. The molecule has 1 saturated heterocycles. The third kappa shape index (κ3) is 3.79. The molecule has 1 N–H and O–H groups in total. The van der Waals surface area contributed by atoms with Gasteiger partial charge in [-0.25, -0.2) is 8.78 Å². The van der Waals surface area contributed by atoms with E-state index in [1.165, 1.54) is 6.07 Å². The van der Waals surface area contributed by atoms with Crippen molar-refractivity contribution in [2.45, 2.75) is 18.9 Å². The molecule has 0 saturated carbocycles. The molecule has 0 radical (unpaired) electrons. The van der Waals surface area contributed by atoms with Crippen LogP contribution in [-0.4, -0.2) is 30.4 Å². The summed E-state index contributed by atoms with van der Waals surface area (Å²) in [6, 6.07) is 13.3. The van der Waals surface area contributed by atoms with Crippen molar-refractivity contribution in [2.75, 3.05) is 19.6 Å². The van der Waals surface area contributed by atoms with Gasteiger partial charge in [0.05, 0.1) is 6.04 Å². The second-order valence-corrected chi connectivity index (χ2v) is 6.01. The fourth-order valence-corrected chi connectivity index (χ4v) is 3.12. The van der Waals surface area contributed by atoms with Crippen LogP contribution in [0.5, 0.6) is 0 Å². The fourth-order valence-electron chi connectivity index (χ4n) is 3.12. The van der Waals surface area contributed by atoms with E-state index in [0.717, 1.165) is 43.6 Å². The Morgan fingerprint density at radius 2 is 1.75 bits per heavy atom. The number of rotatable bonds is 5. The fraction of sp³-hybridized carbons (Fsp3) is 0.316. The number of likely N-dealkylation sites (tertiary alicyclic amines) is 1. The molecule has 3 rings (SSSR count). The maximum Gasteiger partial charge on any atom is 0.251 e. The highest BCUT2D eigenvalue weighted by Crippen LogP contribution is 2.24. The molecule has 1 atom stereocenters. The van der Waals surface area contributed by atoms with Gasteiger partial charge in [0.2, 0.25) is 0 Å². The minimum atomic E-state index is -1.01. The minimum Gasteiger partial charge on any atom is -0.350 e. The van der Waals surface area contributed by atoms with E-state index in [9.17, 15) is 13.6 Å².